The van der Waals surface area contributed by atoms with Crippen molar-refractivity contribution < 1.29 is 9.32 Å². The van der Waals surface area contributed by atoms with E-state index < -0.39 is 0 Å². The molecule has 2 rings (SSSR count). The highest BCUT2D eigenvalue weighted by molar-refractivity contribution is 5.88. The molecule has 0 radical (unpaired) electrons. The Morgan fingerprint density at radius 3 is 2.67 bits per heavy atom. The summed E-state index contributed by atoms with van der Waals surface area (Å²) in [6.07, 6.45) is 0. The lowest BCUT2D eigenvalue weighted by Crippen LogP contribution is -2.31. The molecule has 2 aromatic rings. The van der Waals surface area contributed by atoms with Gasteiger partial charge in [-0.2, -0.15) is 0 Å². The molecule has 1 heterocycles. The van der Waals surface area contributed by atoms with Gasteiger partial charge in [-0.25, -0.2) is 4.79 Å². The average molecular weight is 245 g/mol. The third-order valence-corrected chi connectivity index (χ3v) is 2.52. The van der Waals surface area contributed by atoms with E-state index in [2.05, 4.69) is 15.8 Å². The van der Waals surface area contributed by atoms with Crippen molar-refractivity contribution in [2.75, 3.05) is 5.32 Å². The van der Waals surface area contributed by atoms with Gasteiger partial charge in [0.05, 0.1) is 6.04 Å². The second-order valence-corrected chi connectivity index (χ2v) is 4.05. The van der Waals surface area contributed by atoms with Gasteiger partial charge in [0.1, 0.15) is 5.76 Å². The van der Waals surface area contributed by atoms with Crippen molar-refractivity contribution in [3.8, 4) is 0 Å². The van der Waals surface area contributed by atoms with Crippen LogP contribution in [0.2, 0.25) is 0 Å². The SMILES string of the molecule is Cc1cc(NC(=O)NC(C)c2ccccc2)no1. The molecule has 0 aliphatic rings. The van der Waals surface area contributed by atoms with Crippen LogP contribution in [0.4, 0.5) is 10.6 Å². The van der Waals surface area contributed by atoms with Crippen molar-refractivity contribution in [2.45, 2.75) is 19.9 Å². The van der Waals surface area contributed by atoms with Gasteiger partial charge >= 0.3 is 6.03 Å². The Morgan fingerprint density at radius 1 is 1.33 bits per heavy atom. The molecule has 1 atom stereocenters. The van der Waals surface area contributed by atoms with Gasteiger partial charge in [-0.3, -0.25) is 5.32 Å². The van der Waals surface area contributed by atoms with Crippen LogP contribution in [0.25, 0.3) is 0 Å². The lowest BCUT2D eigenvalue weighted by molar-refractivity contribution is 0.249. The number of anilines is 1. The molecule has 0 spiro atoms. The Labute approximate surface area is 105 Å². The van der Waals surface area contributed by atoms with Crippen molar-refractivity contribution in [1.82, 2.24) is 10.5 Å². The fraction of sp³-hybridized carbons (Fsp3) is 0.231. The van der Waals surface area contributed by atoms with Crippen molar-refractivity contribution in [3.05, 3.63) is 47.7 Å². The highest BCUT2D eigenvalue weighted by Gasteiger charge is 2.10. The summed E-state index contributed by atoms with van der Waals surface area (Å²) in [4.78, 5) is 11.7. The molecule has 0 fully saturated rings. The quantitative estimate of drug-likeness (QED) is 0.873. The zero-order valence-corrected chi connectivity index (χ0v) is 10.3. The van der Waals surface area contributed by atoms with Crippen LogP contribution < -0.4 is 10.6 Å². The van der Waals surface area contributed by atoms with Crippen LogP contribution in [0.15, 0.2) is 40.9 Å². The Balaban J connectivity index is 1.92. The number of urea groups is 1. The number of amides is 2. The van der Waals surface area contributed by atoms with Gasteiger partial charge in [0.15, 0.2) is 5.82 Å². The number of aryl methyl sites for hydroxylation is 1. The Hall–Kier alpha value is -2.30. The summed E-state index contributed by atoms with van der Waals surface area (Å²) >= 11 is 0. The summed E-state index contributed by atoms with van der Waals surface area (Å²) in [7, 11) is 0. The molecule has 5 nitrogen and oxygen atoms in total. The number of carbonyl (C=O) groups excluding carboxylic acids is 1. The van der Waals surface area contributed by atoms with Gasteiger partial charge in [0, 0.05) is 6.07 Å². The maximum atomic E-state index is 11.7. The first kappa shape index (κ1) is 12.2. The van der Waals surface area contributed by atoms with E-state index in [1.54, 1.807) is 13.0 Å². The van der Waals surface area contributed by atoms with Gasteiger partial charge in [0.2, 0.25) is 0 Å². The zero-order valence-electron chi connectivity index (χ0n) is 10.3. The maximum Gasteiger partial charge on any atom is 0.320 e. The number of benzene rings is 1. The third-order valence-electron chi connectivity index (χ3n) is 2.52. The Morgan fingerprint density at radius 2 is 2.06 bits per heavy atom. The van der Waals surface area contributed by atoms with Crippen LogP contribution in [0.1, 0.15) is 24.3 Å². The minimum absolute atomic E-state index is 0.0702. The van der Waals surface area contributed by atoms with Gasteiger partial charge in [-0.05, 0) is 19.4 Å². The average Bonchev–Trinajstić information content (AvgIpc) is 2.75. The van der Waals surface area contributed by atoms with E-state index in [4.69, 9.17) is 4.52 Å². The molecular weight excluding hydrogens is 230 g/mol. The molecule has 0 saturated heterocycles. The Bertz CT molecular complexity index is 522. The minimum Gasteiger partial charge on any atom is -0.360 e. The highest BCUT2D eigenvalue weighted by atomic mass is 16.5. The number of nitrogens with one attached hydrogen (secondary N) is 2. The number of carbonyl (C=O) groups is 1. The predicted octanol–water partition coefficient (Wildman–Crippen LogP) is 2.87. The third kappa shape index (κ3) is 3.10. The molecule has 1 aromatic carbocycles. The smallest absolute Gasteiger partial charge is 0.320 e. The van der Waals surface area contributed by atoms with Gasteiger partial charge in [0.25, 0.3) is 0 Å². The van der Waals surface area contributed by atoms with E-state index in [9.17, 15) is 4.79 Å². The number of rotatable bonds is 3. The van der Waals surface area contributed by atoms with Crippen LogP contribution in [0.5, 0.6) is 0 Å². The molecule has 1 aromatic heterocycles. The van der Waals surface area contributed by atoms with E-state index in [0.29, 0.717) is 11.6 Å². The second-order valence-electron chi connectivity index (χ2n) is 4.05. The Kier molecular flexibility index (Phi) is 3.62. The molecule has 0 aliphatic carbocycles. The number of hydrogen-bond donors (Lipinski definition) is 2. The molecular formula is C13H15N3O2. The summed E-state index contributed by atoms with van der Waals surface area (Å²) < 4.78 is 4.86. The first-order valence-corrected chi connectivity index (χ1v) is 5.71. The molecule has 2 N–H and O–H groups in total. The molecule has 2 amide bonds. The highest BCUT2D eigenvalue weighted by Crippen LogP contribution is 2.12. The largest absolute Gasteiger partial charge is 0.360 e. The van der Waals surface area contributed by atoms with Gasteiger partial charge in [-0.1, -0.05) is 35.5 Å². The molecule has 5 heteroatoms. The molecule has 0 aliphatic heterocycles. The van der Waals surface area contributed by atoms with Crippen molar-refractivity contribution in [1.29, 1.82) is 0 Å². The molecule has 0 bridgehead atoms. The second kappa shape index (κ2) is 5.35. The topological polar surface area (TPSA) is 67.2 Å². The monoisotopic (exact) mass is 245 g/mol. The molecule has 18 heavy (non-hydrogen) atoms. The van der Waals surface area contributed by atoms with E-state index >= 15 is 0 Å². The summed E-state index contributed by atoms with van der Waals surface area (Å²) in [6, 6.07) is 11.0. The van der Waals surface area contributed by atoms with Crippen LogP contribution in [0, 0.1) is 6.92 Å². The van der Waals surface area contributed by atoms with Crippen LogP contribution in [-0.2, 0) is 0 Å². The standard InChI is InChI=1S/C13H15N3O2/c1-9-8-12(16-18-9)15-13(17)14-10(2)11-6-4-3-5-7-11/h3-8,10H,1-2H3,(H2,14,15,16,17). The van der Waals surface area contributed by atoms with Crippen LogP contribution >= 0.6 is 0 Å². The van der Waals surface area contributed by atoms with Crippen molar-refractivity contribution in [3.63, 3.8) is 0 Å². The first-order valence-electron chi connectivity index (χ1n) is 5.71. The fourth-order valence-electron chi connectivity index (χ4n) is 1.60. The molecule has 1 unspecified atom stereocenters. The van der Waals surface area contributed by atoms with E-state index in [1.165, 1.54) is 0 Å². The number of aromatic nitrogens is 1. The van der Waals surface area contributed by atoms with Crippen molar-refractivity contribution in [2.24, 2.45) is 0 Å². The normalized spacial score (nSPS) is 11.9. The first-order chi connectivity index (χ1) is 8.65. The van der Waals surface area contributed by atoms with Crippen LogP contribution in [-0.4, -0.2) is 11.2 Å². The van der Waals surface area contributed by atoms with E-state index in [-0.39, 0.29) is 12.1 Å². The summed E-state index contributed by atoms with van der Waals surface area (Å²) in [5.74, 6) is 1.06. The minimum atomic E-state index is -0.306. The van der Waals surface area contributed by atoms with Crippen molar-refractivity contribution >= 4 is 11.8 Å². The molecule has 0 saturated carbocycles. The number of nitrogens with zero attached hydrogens (tertiary/aromatic N) is 1. The van der Waals surface area contributed by atoms with Gasteiger partial charge in [-0.15, -0.1) is 0 Å². The number of hydrogen-bond acceptors (Lipinski definition) is 3. The van der Waals surface area contributed by atoms with E-state index in [0.717, 1.165) is 5.56 Å². The lowest BCUT2D eigenvalue weighted by atomic mass is 10.1. The zero-order chi connectivity index (χ0) is 13.0. The van der Waals surface area contributed by atoms with Gasteiger partial charge < -0.3 is 9.84 Å². The van der Waals surface area contributed by atoms with E-state index in [1.807, 2.05) is 37.3 Å². The summed E-state index contributed by atoms with van der Waals surface area (Å²) in [5.41, 5.74) is 1.05. The predicted molar refractivity (Wildman–Crippen MR) is 68.3 cm³/mol. The summed E-state index contributed by atoms with van der Waals surface area (Å²) in [5, 5.41) is 9.12. The lowest BCUT2D eigenvalue weighted by Gasteiger charge is -2.13. The molecule has 94 valence electrons. The maximum absolute atomic E-state index is 11.7. The van der Waals surface area contributed by atoms with Crippen LogP contribution in [0.3, 0.4) is 0 Å². The summed E-state index contributed by atoms with van der Waals surface area (Å²) in [6.45, 7) is 3.69. The fourth-order valence-corrected chi connectivity index (χ4v) is 1.60.